The monoisotopic (exact) mass is 373 g/mol. The Morgan fingerprint density at radius 3 is 2.57 bits per heavy atom. The minimum absolute atomic E-state index is 0.0836. The highest BCUT2D eigenvalue weighted by Crippen LogP contribution is 2.28. The van der Waals surface area contributed by atoms with Crippen LogP contribution in [0.2, 0.25) is 0 Å². The Morgan fingerprint density at radius 1 is 1.07 bits per heavy atom. The van der Waals surface area contributed by atoms with Crippen molar-refractivity contribution in [2.45, 2.75) is 34.1 Å². The van der Waals surface area contributed by atoms with Crippen LogP contribution in [0.15, 0.2) is 53.1 Å². The molecule has 4 rings (SSSR count). The van der Waals surface area contributed by atoms with Crippen LogP contribution in [0.3, 0.4) is 0 Å². The molecule has 2 aromatic heterocycles. The molecule has 0 aliphatic carbocycles. The fraction of sp³-hybridized carbons (Fsp3) is 0.217. The minimum atomic E-state index is -0.0836. The van der Waals surface area contributed by atoms with E-state index in [-0.39, 0.29) is 12.3 Å². The number of amides is 1. The van der Waals surface area contributed by atoms with E-state index in [1.807, 2.05) is 61.9 Å². The lowest BCUT2D eigenvalue weighted by atomic mass is 10.0. The maximum Gasteiger partial charge on any atom is 0.229 e. The number of carbonyl (C=O) groups excluding carboxylic acids is 1. The molecule has 5 heteroatoms. The maximum absolute atomic E-state index is 12.7. The predicted molar refractivity (Wildman–Crippen MR) is 111 cm³/mol. The smallest absolute Gasteiger partial charge is 0.229 e. The highest BCUT2D eigenvalue weighted by Gasteiger charge is 2.17. The van der Waals surface area contributed by atoms with E-state index in [4.69, 9.17) is 4.42 Å². The summed E-state index contributed by atoms with van der Waals surface area (Å²) in [4.78, 5) is 12.7. The van der Waals surface area contributed by atoms with Gasteiger partial charge in [-0.15, -0.1) is 0 Å². The molecule has 2 heterocycles. The molecule has 0 unspecified atom stereocenters. The third-order valence-corrected chi connectivity index (χ3v) is 5.25. The number of carbonyl (C=O) groups is 1. The first-order chi connectivity index (χ1) is 13.5. The number of anilines is 1. The van der Waals surface area contributed by atoms with Crippen LogP contribution in [0.4, 0.5) is 5.69 Å². The number of aromatic nitrogens is 2. The number of aryl methyl sites for hydroxylation is 3. The van der Waals surface area contributed by atoms with Crippen LogP contribution in [0.1, 0.15) is 28.1 Å². The summed E-state index contributed by atoms with van der Waals surface area (Å²) in [6.07, 6.45) is 1.94. The molecule has 2 aromatic carbocycles. The normalized spacial score (nSPS) is 11.1. The van der Waals surface area contributed by atoms with Crippen LogP contribution in [0.5, 0.6) is 0 Å². The van der Waals surface area contributed by atoms with Gasteiger partial charge in [0.2, 0.25) is 5.91 Å². The second kappa shape index (κ2) is 7.00. The fourth-order valence-corrected chi connectivity index (χ4v) is 3.53. The van der Waals surface area contributed by atoms with Gasteiger partial charge in [-0.3, -0.25) is 4.79 Å². The van der Waals surface area contributed by atoms with E-state index >= 15 is 0 Å². The number of benzene rings is 2. The summed E-state index contributed by atoms with van der Waals surface area (Å²) in [5.41, 5.74) is 7.45. The summed E-state index contributed by atoms with van der Waals surface area (Å²) in [5.74, 6) is -0.0836. The van der Waals surface area contributed by atoms with Crippen molar-refractivity contribution in [3.05, 3.63) is 76.8 Å². The quantitative estimate of drug-likeness (QED) is 0.545. The van der Waals surface area contributed by atoms with Crippen molar-refractivity contribution in [1.29, 1.82) is 0 Å². The van der Waals surface area contributed by atoms with Crippen molar-refractivity contribution in [1.82, 2.24) is 9.78 Å². The molecule has 0 aliphatic rings. The highest BCUT2D eigenvalue weighted by atomic mass is 16.3. The van der Waals surface area contributed by atoms with Crippen LogP contribution in [0, 0.1) is 27.7 Å². The Morgan fingerprint density at radius 2 is 1.82 bits per heavy atom. The molecule has 0 fully saturated rings. The summed E-state index contributed by atoms with van der Waals surface area (Å²) >= 11 is 0. The highest BCUT2D eigenvalue weighted by molar-refractivity contribution is 5.96. The average molecular weight is 373 g/mol. The first-order valence-electron chi connectivity index (χ1n) is 9.33. The zero-order valence-corrected chi connectivity index (χ0v) is 16.5. The standard InChI is InChI=1S/C23H23N3O2/c1-14-10-11-20-18(13-28-23(20)15(14)2)12-21(27)24-22-16(3)25-26(17(22)4)19-8-6-5-7-9-19/h5-11,13H,12H2,1-4H3,(H,24,27). The Kier molecular flexibility index (Phi) is 4.51. The van der Waals surface area contributed by atoms with Gasteiger partial charge in [0.15, 0.2) is 0 Å². The molecular weight excluding hydrogens is 350 g/mol. The number of rotatable bonds is 4. The van der Waals surface area contributed by atoms with E-state index in [9.17, 15) is 4.79 Å². The van der Waals surface area contributed by atoms with Gasteiger partial charge in [0.1, 0.15) is 5.58 Å². The number of hydrogen-bond donors (Lipinski definition) is 1. The summed E-state index contributed by atoms with van der Waals surface area (Å²) in [6, 6.07) is 14.0. The lowest BCUT2D eigenvalue weighted by Crippen LogP contribution is -2.15. The van der Waals surface area contributed by atoms with Crippen molar-refractivity contribution in [3.8, 4) is 5.69 Å². The summed E-state index contributed by atoms with van der Waals surface area (Å²) in [5, 5.41) is 8.61. The third kappa shape index (κ3) is 3.09. The first-order valence-corrected chi connectivity index (χ1v) is 9.33. The second-order valence-electron chi connectivity index (χ2n) is 7.16. The minimum Gasteiger partial charge on any atom is -0.464 e. The molecule has 0 aliphatic heterocycles. The number of nitrogens with one attached hydrogen (secondary N) is 1. The molecule has 1 N–H and O–H groups in total. The Bertz CT molecular complexity index is 1170. The lowest BCUT2D eigenvalue weighted by Gasteiger charge is -2.07. The Labute approximate surface area is 164 Å². The van der Waals surface area contributed by atoms with E-state index in [2.05, 4.69) is 23.4 Å². The molecule has 0 spiro atoms. The molecule has 0 atom stereocenters. The van der Waals surface area contributed by atoms with Crippen LogP contribution in [-0.4, -0.2) is 15.7 Å². The topological polar surface area (TPSA) is 60.1 Å². The predicted octanol–water partition coefficient (Wildman–Crippen LogP) is 5.03. The van der Waals surface area contributed by atoms with Gasteiger partial charge in [-0.05, 0) is 51.0 Å². The molecule has 0 saturated carbocycles. The molecule has 1 amide bonds. The van der Waals surface area contributed by atoms with Gasteiger partial charge in [0, 0.05) is 10.9 Å². The second-order valence-corrected chi connectivity index (χ2v) is 7.16. The molecular formula is C23H23N3O2. The number of para-hydroxylation sites is 1. The number of hydrogen-bond acceptors (Lipinski definition) is 3. The van der Waals surface area contributed by atoms with Gasteiger partial charge in [-0.25, -0.2) is 4.68 Å². The van der Waals surface area contributed by atoms with Gasteiger partial charge in [0.25, 0.3) is 0 Å². The van der Waals surface area contributed by atoms with Crippen LogP contribution < -0.4 is 5.32 Å². The Hall–Kier alpha value is -3.34. The number of furan rings is 1. The van der Waals surface area contributed by atoms with Crippen LogP contribution >= 0.6 is 0 Å². The first kappa shape index (κ1) is 18.0. The summed E-state index contributed by atoms with van der Waals surface area (Å²) in [6.45, 7) is 7.96. The van der Waals surface area contributed by atoms with Crippen molar-refractivity contribution in [2.75, 3.05) is 5.32 Å². The van der Waals surface area contributed by atoms with Crippen molar-refractivity contribution < 1.29 is 9.21 Å². The molecule has 0 saturated heterocycles. The molecule has 4 aromatic rings. The molecule has 142 valence electrons. The van der Waals surface area contributed by atoms with E-state index in [1.165, 1.54) is 5.56 Å². The fourth-order valence-electron chi connectivity index (χ4n) is 3.53. The van der Waals surface area contributed by atoms with Gasteiger partial charge in [-0.1, -0.05) is 30.3 Å². The zero-order valence-electron chi connectivity index (χ0n) is 16.5. The zero-order chi connectivity index (χ0) is 19.8. The molecule has 0 radical (unpaired) electrons. The van der Waals surface area contributed by atoms with Crippen LogP contribution in [0.25, 0.3) is 16.7 Å². The summed E-state index contributed by atoms with van der Waals surface area (Å²) in [7, 11) is 0. The largest absolute Gasteiger partial charge is 0.464 e. The molecule has 0 bridgehead atoms. The lowest BCUT2D eigenvalue weighted by molar-refractivity contribution is -0.115. The average Bonchev–Trinajstić information content (AvgIpc) is 3.22. The van der Waals surface area contributed by atoms with E-state index in [1.54, 1.807) is 6.26 Å². The maximum atomic E-state index is 12.7. The van der Waals surface area contributed by atoms with Crippen molar-refractivity contribution >= 4 is 22.6 Å². The van der Waals surface area contributed by atoms with Crippen LogP contribution in [-0.2, 0) is 11.2 Å². The van der Waals surface area contributed by atoms with E-state index in [0.717, 1.165) is 44.9 Å². The van der Waals surface area contributed by atoms with Crippen molar-refractivity contribution in [3.63, 3.8) is 0 Å². The van der Waals surface area contributed by atoms with E-state index in [0.29, 0.717) is 0 Å². The molecule has 5 nitrogen and oxygen atoms in total. The third-order valence-electron chi connectivity index (χ3n) is 5.25. The van der Waals surface area contributed by atoms with Crippen molar-refractivity contribution in [2.24, 2.45) is 0 Å². The summed E-state index contributed by atoms with van der Waals surface area (Å²) < 4.78 is 7.58. The van der Waals surface area contributed by atoms with Gasteiger partial charge in [0.05, 0.1) is 35.4 Å². The van der Waals surface area contributed by atoms with Gasteiger partial charge < -0.3 is 9.73 Å². The molecule has 28 heavy (non-hydrogen) atoms. The SMILES string of the molecule is Cc1ccc2c(CC(=O)Nc3c(C)nn(-c4ccccc4)c3C)coc2c1C. The Balaban J connectivity index is 1.58. The van der Waals surface area contributed by atoms with Gasteiger partial charge >= 0.3 is 0 Å². The number of nitrogens with zero attached hydrogens (tertiary/aromatic N) is 2. The van der Waals surface area contributed by atoms with Gasteiger partial charge in [-0.2, -0.15) is 5.10 Å². The number of fused-ring (bicyclic) bond motifs is 1. The van der Waals surface area contributed by atoms with E-state index < -0.39 is 0 Å².